The maximum absolute atomic E-state index is 5.80. The Morgan fingerprint density at radius 2 is 2.27 bits per heavy atom. The van der Waals surface area contributed by atoms with E-state index in [1.807, 2.05) is 0 Å². The van der Waals surface area contributed by atoms with Gasteiger partial charge in [-0.05, 0) is 0 Å². The lowest BCUT2D eigenvalue weighted by Gasteiger charge is -2.15. The SMILES string of the molecule is CC(C)NCC1COCC1N. The van der Waals surface area contributed by atoms with Crippen LogP contribution in [0.1, 0.15) is 13.8 Å². The van der Waals surface area contributed by atoms with Crippen molar-refractivity contribution in [1.82, 2.24) is 5.32 Å². The first-order valence-corrected chi connectivity index (χ1v) is 4.27. The molecule has 1 aliphatic rings. The van der Waals surface area contributed by atoms with Gasteiger partial charge in [0.1, 0.15) is 0 Å². The van der Waals surface area contributed by atoms with Crippen LogP contribution in [0.2, 0.25) is 0 Å². The molecule has 11 heavy (non-hydrogen) atoms. The molecule has 0 aliphatic carbocycles. The van der Waals surface area contributed by atoms with E-state index in [0.717, 1.165) is 19.8 Å². The van der Waals surface area contributed by atoms with Crippen molar-refractivity contribution in [2.24, 2.45) is 11.7 Å². The molecule has 0 radical (unpaired) electrons. The highest BCUT2D eigenvalue weighted by molar-refractivity contribution is 4.79. The zero-order valence-electron chi connectivity index (χ0n) is 7.34. The van der Waals surface area contributed by atoms with Gasteiger partial charge in [0, 0.05) is 24.5 Å². The summed E-state index contributed by atoms with van der Waals surface area (Å²) < 4.78 is 5.24. The van der Waals surface area contributed by atoms with Crippen molar-refractivity contribution in [2.75, 3.05) is 19.8 Å². The smallest absolute Gasteiger partial charge is 0.0621 e. The lowest BCUT2D eigenvalue weighted by molar-refractivity contribution is 0.183. The Morgan fingerprint density at radius 3 is 2.73 bits per heavy atom. The third-order valence-corrected chi connectivity index (χ3v) is 2.04. The number of rotatable bonds is 3. The summed E-state index contributed by atoms with van der Waals surface area (Å²) in [7, 11) is 0. The predicted molar refractivity (Wildman–Crippen MR) is 45.4 cm³/mol. The van der Waals surface area contributed by atoms with Gasteiger partial charge in [0.05, 0.1) is 13.2 Å². The van der Waals surface area contributed by atoms with Gasteiger partial charge in [-0.3, -0.25) is 0 Å². The van der Waals surface area contributed by atoms with Crippen molar-refractivity contribution in [3.8, 4) is 0 Å². The second-order valence-electron chi connectivity index (χ2n) is 3.52. The minimum absolute atomic E-state index is 0.237. The van der Waals surface area contributed by atoms with Crippen molar-refractivity contribution in [3.05, 3.63) is 0 Å². The first-order chi connectivity index (χ1) is 5.20. The average molecular weight is 158 g/mol. The van der Waals surface area contributed by atoms with Gasteiger partial charge in [-0.1, -0.05) is 13.8 Å². The van der Waals surface area contributed by atoms with Crippen LogP contribution in [0.15, 0.2) is 0 Å². The monoisotopic (exact) mass is 158 g/mol. The van der Waals surface area contributed by atoms with E-state index in [0.29, 0.717) is 12.0 Å². The number of hydrogen-bond acceptors (Lipinski definition) is 3. The van der Waals surface area contributed by atoms with Crippen LogP contribution in [0.3, 0.4) is 0 Å². The van der Waals surface area contributed by atoms with Gasteiger partial charge in [-0.15, -0.1) is 0 Å². The summed E-state index contributed by atoms with van der Waals surface area (Å²) in [4.78, 5) is 0. The maximum Gasteiger partial charge on any atom is 0.0621 e. The summed E-state index contributed by atoms with van der Waals surface area (Å²) in [5.41, 5.74) is 5.80. The third-order valence-electron chi connectivity index (χ3n) is 2.04. The number of hydrogen-bond donors (Lipinski definition) is 2. The van der Waals surface area contributed by atoms with E-state index in [1.54, 1.807) is 0 Å². The topological polar surface area (TPSA) is 47.3 Å². The molecule has 0 amide bonds. The van der Waals surface area contributed by atoms with E-state index in [4.69, 9.17) is 10.5 Å². The summed E-state index contributed by atoms with van der Waals surface area (Å²) in [6.07, 6.45) is 0. The molecule has 2 unspecified atom stereocenters. The van der Waals surface area contributed by atoms with Crippen molar-refractivity contribution in [2.45, 2.75) is 25.9 Å². The second-order valence-corrected chi connectivity index (χ2v) is 3.52. The van der Waals surface area contributed by atoms with Crippen LogP contribution in [0.4, 0.5) is 0 Å². The summed E-state index contributed by atoms with van der Waals surface area (Å²) >= 11 is 0. The molecule has 1 aliphatic heterocycles. The van der Waals surface area contributed by atoms with Crippen LogP contribution in [0.5, 0.6) is 0 Å². The Labute approximate surface area is 68.3 Å². The van der Waals surface area contributed by atoms with Crippen molar-refractivity contribution in [1.29, 1.82) is 0 Å². The van der Waals surface area contributed by atoms with Crippen LogP contribution >= 0.6 is 0 Å². The molecule has 0 spiro atoms. The summed E-state index contributed by atoms with van der Waals surface area (Å²) in [5, 5.41) is 3.36. The summed E-state index contributed by atoms with van der Waals surface area (Å²) in [5.74, 6) is 0.511. The molecular weight excluding hydrogens is 140 g/mol. The molecule has 1 saturated heterocycles. The van der Waals surface area contributed by atoms with E-state index in [-0.39, 0.29) is 6.04 Å². The average Bonchev–Trinajstić information content (AvgIpc) is 2.31. The highest BCUT2D eigenvalue weighted by Crippen LogP contribution is 2.09. The first-order valence-electron chi connectivity index (χ1n) is 4.27. The van der Waals surface area contributed by atoms with Gasteiger partial charge in [-0.25, -0.2) is 0 Å². The normalized spacial score (nSPS) is 31.6. The van der Waals surface area contributed by atoms with Crippen molar-refractivity contribution in [3.63, 3.8) is 0 Å². The molecule has 0 aromatic heterocycles. The minimum atomic E-state index is 0.237. The third kappa shape index (κ3) is 2.77. The van der Waals surface area contributed by atoms with Gasteiger partial charge in [0.2, 0.25) is 0 Å². The van der Waals surface area contributed by atoms with E-state index in [2.05, 4.69) is 19.2 Å². The number of nitrogens with one attached hydrogen (secondary N) is 1. The quantitative estimate of drug-likeness (QED) is 0.606. The van der Waals surface area contributed by atoms with E-state index in [1.165, 1.54) is 0 Å². The summed E-state index contributed by atoms with van der Waals surface area (Å²) in [6.45, 7) is 6.81. The lowest BCUT2D eigenvalue weighted by atomic mass is 10.0. The molecule has 66 valence electrons. The highest BCUT2D eigenvalue weighted by atomic mass is 16.5. The van der Waals surface area contributed by atoms with Crippen LogP contribution in [0, 0.1) is 5.92 Å². The first kappa shape index (κ1) is 8.97. The van der Waals surface area contributed by atoms with Crippen LogP contribution in [-0.2, 0) is 4.74 Å². The fraction of sp³-hybridized carbons (Fsp3) is 1.00. The molecule has 0 bridgehead atoms. The number of nitrogens with two attached hydrogens (primary N) is 1. The molecule has 3 N–H and O–H groups in total. The Balaban J connectivity index is 2.15. The molecule has 3 heteroatoms. The van der Waals surface area contributed by atoms with E-state index in [9.17, 15) is 0 Å². The highest BCUT2D eigenvalue weighted by Gasteiger charge is 2.24. The molecule has 0 aromatic carbocycles. The fourth-order valence-corrected chi connectivity index (χ4v) is 1.21. The standard InChI is InChI=1S/C8H18N2O/c1-6(2)10-3-7-4-11-5-8(7)9/h6-8,10H,3-5,9H2,1-2H3. The van der Waals surface area contributed by atoms with Crippen LogP contribution in [-0.4, -0.2) is 31.8 Å². The lowest BCUT2D eigenvalue weighted by Crippen LogP contribution is -2.38. The molecule has 0 saturated carbocycles. The predicted octanol–water partition coefficient (Wildman–Crippen LogP) is -0.0419. The molecule has 1 fully saturated rings. The van der Waals surface area contributed by atoms with Gasteiger partial charge < -0.3 is 15.8 Å². The van der Waals surface area contributed by atoms with Crippen LogP contribution < -0.4 is 11.1 Å². The zero-order valence-corrected chi connectivity index (χ0v) is 7.34. The Kier molecular flexibility index (Phi) is 3.30. The molecule has 1 heterocycles. The Bertz CT molecular complexity index is 117. The van der Waals surface area contributed by atoms with Crippen molar-refractivity contribution < 1.29 is 4.74 Å². The van der Waals surface area contributed by atoms with Crippen LogP contribution in [0.25, 0.3) is 0 Å². The molecule has 1 rings (SSSR count). The molecular formula is C8H18N2O. The second kappa shape index (κ2) is 4.04. The maximum atomic E-state index is 5.80. The van der Waals surface area contributed by atoms with Gasteiger partial charge >= 0.3 is 0 Å². The zero-order chi connectivity index (χ0) is 8.27. The largest absolute Gasteiger partial charge is 0.379 e. The number of ether oxygens (including phenoxy) is 1. The van der Waals surface area contributed by atoms with Gasteiger partial charge in [-0.2, -0.15) is 0 Å². The molecule has 0 aromatic rings. The van der Waals surface area contributed by atoms with E-state index >= 15 is 0 Å². The van der Waals surface area contributed by atoms with Gasteiger partial charge in [0.25, 0.3) is 0 Å². The summed E-state index contributed by atoms with van der Waals surface area (Å²) in [6, 6.07) is 0.782. The van der Waals surface area contributed by atoms with Crippen molar-refractivity contribution >= 4 is 0 Å². The minimum Gasteiger partial charge on any atom is -0.379 e. The molecule has 2 atom stereocenters. The Morgan fingerprint density at radius 1 is 1.55 bits per heavy atom. The Hall–Kier alpha value is -0.120. The molecule has 3 nitrogen and oxygen atoms in total. The fourth-order valence-electron chi connectivity index (χ4n) is 1.21. The van der Waals surface area contributed by atoms with E-state index < -0.39 is 0 Å². The van der Waals surface area contributed by atoms with Gasteiger partial charge in [0.15, 0.2) is 0 Å².